The zero-order chi connectivity index (χ0) is 20.5. The van der Waals surface area contributed by atoms with Crippen LogP contribution in [0.5, 0.6) is 0 Å². The van der Waals surface area contributed by atoms with Crippen LogP contribution in [-0.4, -0.2) is 32.9 Å². The summed E-state index contributed by atoms with van der Waals surface area (Å²) in [5.74, 6) is -0.354. The van der Waals surface area contributed by atoms with Crippen molar-refractivity contribution < 1.29 is 22.3 Å². The van der Waals surface area contributed by atoms with Gasteiger partial charge in [-0.2, -0.15) is 4.31 Å². The minimum Gasteiger partial charge on any atom is -0.443 e. The molecule has 1 amide bonds. The molecule has 1 saturated heterocycles. The van der Waals surface area contributed by atoms with Gasteiger partial charge in [0.25, 0.3) is 11.3 Å². The van der Waals surface area contributed by atoms with Crippen molar-refractivity contribution in [3.05, 3.63) is 58.9 Å². The van der Waals surface area contributed by atoms with E-state index in [9.17, 15) is 13.4 Å². The van der Waals surface area contributed by atoms with Gasteiger partial charge in [-0.25, -0.2) is 13.4 Å². The van der Waals surface area contributed by atoms with Crippen LogP contribution in [0.4, 0.5) is 9.18 Å². The number of ether oxygens (including phenoxy) is 1. The molecule has 8 heteroatoms. The lowest BCUT2D eigenvalue weighted by molar-refractivity contribution is 0.0363. The second-order valence-electron chi connectivity index (χ2n) is 7.49. The van der Waals surface area contributed by atoms with Gasteiger partial charge >= 0.3 is 6.09 Å². The number of carbonyl (C=O) groups excluding carboxylic acids is 1. The third-order valence-electron chi connectivity index (χ3n) is 4.09. The van der Waals surface area contributed by atoms with E-state index in [1.807, 2.05) is 12.1 Å². The van der Waals surface area contributed by atoms with Gasteiger partial charge in [-0.1, -0.05) is 35.9 Å². The van der Waals surface area contributed by atoms with Crippen LogP contribution >= 0.6 is 11.6 Å². The molecule has 1 aliphatic heterocycles. The second kappa shape index (κ2) is 8.19. The Balaban J connectivity index is 1.75. The monoisotopic (exact) mass is 425 g/mol. The van der Waals surface area contributed by atoms with E-state index in [0.29, 0.717) is 22.6 Å². The largest absolute Gasteiger partial charge is 0.443 e. The van der Waals surface area contributed by atoms with Crippen molar-refractivity contribution in [3.63, 3.8) is 0 Å². The summed E-state index contributed by atoms with van der Waals surface area (Å²) in [6.45, 7) is 5.38. The SMILES string of the molecule is CC(C)(C)OC(=O)N1[C@H](Cc2ccc(-c3cc(Cl)ccc3F)cc2)COS1=O. The molecule has 1 fully saturated rings. The molecule has 0 bridgehead atoms. The molecule has 3 rings (SSSR count). The van der Waals surface area contributed by atoms with E-state index in [1.165, 1.54) is 12.1 Å². The second-order valence-corrected chi connectivity index (χ2v) is 8.99. The predicted molar refractivity (Wildman–Crippen MR) is 107 cm³/mol. The maximum atomic E-state index is 14.0. The first-order valence-electron chi connectivity index (χ1n) is 8.76. The normalized spacial score (nSPS) is 19.7. The number of hydrogen-bond acceptors (Lipinski definition) is 4. The lowest BCUT2D eigenvalue weighted by Crippen LogP contribution is -2.41. The number of halogens is 2. The molecule has 0 radical (unpaired) electrons. The van der Waals surface area contributed by atoms with Gasteiger partial charge in [0, 0.05) is 10.6 Å². The quantitative estimate of drug-likeness (QED) is 0.701. The van der Waals surface area contributed by atoms with Gasteiger partial charge in [0.1, 0.15) is 11.4 Å². The van der Waals surface area contributed by atoms with Crippen molar-refractivity contribution in [1.29, 1.82) is 0 Å². The van der Waals surface area contributed by atoms with Crippen LogP contribution < -0.4 is 0 Å². The lowest BCUT2D eigenvalue weighted by atomic mass is 10.0. The van der Waals surface area contributed by atoms with Crippen molar-refractivity contribution in [3.8, 4) is 11.1 Å². The fourth-order valence-corrected chi connectivity index (χ4v) is 3.95. The predicted octanol–water partition coefficient (Wildman–Crippen LogP) is 4.90. The summed E-state index contributed by atoms with van der Waals surface area (Å²) in [4.78, 5) is 12.4. The highest BCUT2D eigenvalue weighted by molar-refractivity contribution is 7.78. The lowest BCUT2D eigenvalue weighted by Gasteiger charge is -2.25. The van der Waals surface area contributed by atoms with E-state index in [2.05, 4.69) is 0 Å². The fourth-order valence-electron chi connectivity index (χ4n) is 2.85. The number of nitrogens with zero attached hydrogens (tertiary/aromatic N) is 1. The summed E-state index contributed by atoms with van der Waals surface area (Å²) in [5, 5.41) is 0.457. The highest BCUT2D eigenvalue weighted by Crippen LogP contribution is 2.28. The number of rotatable bonds is 3. The summed E-state index contributed by atoms with van der Waals surface area (Å²) < 4.78 is 37.7. The topological polar surface area (TPSA) is 55.8 Å². The molecular weight excluding hydrogens is 405 g/mol. The highest BCUT2D eigenvalue weighted by Gasteiger charge is 2.39. The van der Waals surface area contributed by atoms with Crippen LogP contribution in [0.1, 0.15) is 26.3 Å². The van der Waals surface area contributed by atoms with Gasteiger partial charge in [0.2, 0.25) is 0 Å². The average Bonchev–Trinajstić information content (AvgIpc) is 2.97. The van der Waals surface area contributed by atoms with Gasteiger partial charge in [-0.05, 0) is 56.5 Å². The van der Waals surface area contributed by atoms with Crippen LogP contribution in [0, 0.1) is 5.82 Å². The van der Waals surface area contributed by atoms with Crippen LogP contribution in [0.2, 0.25) is 5.02 Å². The number of benzene rings is 2. The van der Waals surface area contributed by atoms with Crippen LogP contribution in [0.25, 0.3) is 11.1 Å². The fraction of sp³-hybridized carbons (Fsp3) is 0.350. The molecule has 5 nitrogen and oxygen atoms in total. The van der Waals surface area contributed by atoms with E-state index in [-0.39, 0.29) is 12.4 Å². The van der Waals surface area contributed by atoms with Gasteiger partial charge in [-0.15, -0.1) is 0 Å². The van der Waals surface area contributed by atoms with E-state index >= 15 is 0 Å². The van der Waals surface area contributed by atoms with Crippen LogP contribution in [0.3, 0.4) is 0 Å². The molecule has 0 N–H and O–H groups in total. The molecule has 150 valence electrons. The summed E-state index contributed by atoms with van der Waals surface area (Å²) in [7, 11) is 0. The average molecular weight is 426 g/mol. The minimum atomic E-state index is -1.87. The van der Waals surface area contributed by atoms with Crippen LogP contribution in [0.15, 0.2) is 42.5 Å². The van der Waals surface area contributed by atoms with Gasteiger partial charge < -0.3 is 4.74 Å². The van der Waals surface area contributed by atoms with E-state index in [1.54, 1.807) is 39.0 Å². The Morgan fingerprint density at radius 3 is 2.61 bits per heavy atom. The minimum absolute atomic E-state index is 0.149. The molecule has 0 aliphatic carbocycles. The summed E-state index contributed by atoms with van der Waals surface area (Å²) in [5.41, 5.74) is 1.31. The molecular formula is C20H21ClFNO4S. The molecule has 28 heavy (non-hydrogen) atoms. The van der Waals surface area contributed by atoms with Gasteiger partial charge in [0.15, 0.2) is 0 Å². The van der Waals surface area contributed by atoms with E-state index in [4.69, 9.17) is 20.5 Å². The van der Waals surface area contributed by atoms with Crippen molar-refractivity contribution in [1.82, 2.24) is 4.31 Å². The third-order valence-corrected chi connectivity index (χ3v) is 5.43. The number of hydrogen-bond donors (Lipinski definition) is 0. The molecule has 1 heterocycles. The third kappa shape index (κ3) is 4.90. The molecule has 2 aromatic rings. The Morgan fingerprint density at radius 2 is 1.96 bits per heavy atom. The molecule has 1 aliphatic rings. The maximum absolute atomic E-state index is 14.0. The van der Waals surface area contributed by atoms with Crippen LogP contribution in [-0.2, 0) is 26.6 Å². The Labute approximate surface area is 171 Å². The Hall–Kier alpha value is -1.96. The number of amides is 1. The van der Waals surface area contributed by atoms with Crippen molar-refractivity contribution >= 4 is 29.0 Å². The van der Waals surface area contributed by atoms with Gasteiger partial charge in [-0.3, -0.25) is 4.18 Å². The summed E-state index contributed by atoms with van der Waals surface area (Å²) in [6.07, 6.45) is -0.241. The van der Waals surface area contributed by atoms with Crippen molar-refractivity contribution in [2.24, 2.45) is 0 Å². The Morgan fingerprint density at radius 1 is 1.29 bits per heavy atom. The maximum Gasteiger partial charge on any atom is 0.424 e. The molecule has 0 spiro atoms. The first-order chi connectivity index (χ1) is 13.1. The van der Waals surface area contributed by atoms with Gasteiger partial charge in [0.05, 0.1) is 12.6 Å². The standard InChI is InChI=1S/C20H21ClFNO4S/c1-20(2,3)27-19(24)23-16(12-26-28(23)25)10-13-4-6-14(7-5-13)17-11-15(21)8-9-18(17)22/h4-9,11,16H,10,12H2,1-3H3/t16-,28?/m1/s1. The molecule has 0 saturated carbocycles. The first kappa shape index (κ1) is 20.8. The van der Waals surface area contributed by atoms with Crippen molar-refractivity contribution in [2.75, 3.05) is 6.61 Å². The zero-order valence-corrected chi connectivity index (χ0v) is 17.3. The van der Waals surface area contributed by atoms with E-state index in [0.717, 1.165) is 9.87 Å². The zero-order valence-electron chi connectivity index (χ0n) is 15.8. The number of carbonyl (C=O) groups is 1. The van der Waals surface area contributed by atoms with E-state index < -0.39 is 29.0 Å². The highest BCUT2D eigenvalue weighted by atomic mass is 35.5. The summed E-state index contributed by atoms with van der Waals surface area (Å²) >= 11 is 4.08. The summed E-state index contributed by atoms with van der Waals surface area (Å²) in [6, 6.07) is 11.2. The molecule has 0 aromatic heterocycles. The molecule has 2 atom stereocenters. The Kier molecular flexibility index (Phi) is 6.07. The first-order valence-corrected chi connectivity index (χ1v) is 10.2. The smallest absolute Gasteiger partial charge is 0.424 e. The Bertz CT molecular complexity index is 898. The molecule has 1 unspecified atom stereocenters. The molecule has 2 aromatic carbocycles. The van der Waals surface area contributed by atoms with Crippen molar-refractivity contribution in [2.45, 2.75) is 38.8 Å².